The molecule has 156 valence electrons. The molecule has 2 fully saturated rings. The topological polar surface area (TPSA) is 55.8 Å². The van der Waals surface area contributed by atoms with Gasteiger partial charge in [0, 0.05) is 31.7 Å². The summed E-state index contributed by atoms with van der Waals surface area (Å²) in [5.74, 6) is -0.0843. The van der Waals surface area contributed by atoms with E-state index in [1.807, 2.05) is 11.0 Å². The van der Waals surface area contributed by atoms with E-state index in [9.17, 15) is 9.90 Å². The third-order valence-electron chi connectivity index (χ3n) is 6.38. The fourth-order valence-corrected chi connectivity index (χ4v) is 4.49. The number of carbonyl (C=O) groups excluding carboxylic acids is 1. The van der Waals surface area contributed by atoms with Crippen LogP contribution in [0.25, 0.3) is 0 Å². The Bertz CT molecular complexity index is 614. The lowest BCUT2D eigenvalue weighted by Crippen LogP contribution is -2.59. The zero-order chi connectivity index (χ0) is 20.0. The summed E-state index contributed by atoms with van der Waals surface area (Å²) < 4.78 is 0. The van der Waals surface area contributed by atoms with E-state index in [2.05, 4.69) is 48.3 Å². The summed E-state index contributed by atoms with van der Waals surface area (Å²) in [7, 11) is 0. The molecule has 5 heteroatoms. The minimum Gasteiger partial charge on any atom is -0.379 e. The first kappa shape index (κ1) is 21.3. The second-order valence-corrected chi connectivity index (χ2v) is 8.80. The highest BCUT2D eigenvalue weighted by Gasteiger charge is 2.42. The molecule has 0 spiro atoms. The Kier molecular flexibility index (Phi) is 7.49. The Morgan fingerprint density at radius 3 is 2.57 bits per heavy atom. The molecule has 5 nitrogen and oxygen atoms in total. The van der Waals surface area contributed by atoms with E-state index in [0.29, 0.717) is 25.0 Å². The zero-order valence-corrected chi connectivity index (χ0v) is 17.6. The number of hydrogen-bond donors (Lipinski definition) is 2. The maximum absolute atomic E-state index is 12.9. The molecule has 1 aromatic rings. The number of carbonyl (C=O) groups is 1. The second-order valence-electron chi connectivity index (χ2n) is 8.80. The third-order valence-corrected chi connectivity index (χ3v) is 6.38. The molecule has 0 radical (unpaired) electrons. The average molecular weight is 388 g/mol. The Balaban J connectivity index is 1.44. The van der Waals surface area contributed by atoms with Crippen LogP contribution in [-0.4, -0.2) is 71.2 Å². The lowest BCUT2D eigenvalue weighted by molar-refractivity contribution is -0.156. The van der Waals surface area contributed by atoms with Crippen LogP contribution in [0.5, 0.6) is 0 Å². The molecule has 0 bridgehead atoms. The number of piperidine rings is 2. The summed E-state index contributed by atoms with van der Waals surface area (Å²) in [5.41, 5.74) is 0.0665. The Morgan fingerprint density at radius 1 is 1.18 bits per heavy atom. The average Bonchev–Trinajstić information content (AvgIpc) is 2.71. The van der Waals surface area contributed by atoms with Crippen LogP contribution in [-0.2, 0) is 11.2 Å². The van der Waals surface area contributed by atoms with Gasteiger partial charge in [-0.1, -0.05) is 30.3 Å². The van der Waals surface area contributed by atoms with E-state index in [-0.39, 0.29) is 5.91 Å². The molecule has 0 aliphatic carbocycles. The number of amides is 1. The monoisotopic (exact) mass is 387 g/mol. The van der Waals surface area contributed by atoms with Crippen LogP contribution >= 0.6 is 0 Å². The van der Waals surface area contributed by atoms with Gasteiger partial charge in [-0.25, -0.2) is 0 Å². The normalized spacial score (nSPS) is 24.9. The van der Waals surface area contributed by atoms with Crippen LogP contribution in [0.15, 0.2) is 30.3 Å². The van der Waals surface area contributed by atoms with Gasteiger partial charge in [0.15, 0.2) is 5.60 Å². The van der Waals surface area contributed by atoms with E-state index in [0.717, 1.165) is 58.3 Å². The molecule has 2 heterocycles. The van der Waals surface area contributed by atoms with Gasteiger partial charge >= 0.3 is 0 Å². The first-order valence-electron chi connectivity index (χ1n) is 11.0. The molecular weight excluding hydrogens is 350 g/mol. The number of aliphatic hydroxyl groups is 1. The van der Waals surface area contributed by atoms with E-state index in [4.69, 9.17) is 0 Å². The number of benzene rings is 1. The van der Waals surface area contributed by atoms with Crippen LogP contribution in [0, 0.1) is 0 Å². The first-order valence-corrected chi connectivity index (χ1v) is 11.0. The molecule has 1 atom stereocenters. The largest absolute Gasteiger partial charge is 0.379 e. The first-order chi connectivity index (χ1) is 13.5. The molecule has 1 aromatic carbocycles. The van der Waals surface area contributed by atoms with Crippen molar-refractivity contribution >= 4 is 5.91 Å². The molecule has 0 unspecified atom stereocenters. The number of nitrogens with zero attached hydrogens (tertiary/aromatic N) is 2. The molecular formula is C23H37N3O2. The van der Waals surface area contributed by atoms with Gasteiger partial charge in [-0.15, -0.1) is 0 Å². The van der Waals surface area contributed by atoms with Crippen molar-refractivity contribution in [3.8, 4) is 0 Å². The van der Waals surface area contributed by atoms with Gasteiger partial charge in [-0.2, -0.15) is 0 Å². The Hall–Kier alpha value is -1.43. The predicted octanol–water partition coefficient (Wildman–Crippen LogP) is 2.44. The van der Waals surface area contributed by atoms with Crippen molar-refractivity contribution in [3.05, 3.63) is 35.9 Å². The van der Waals surface area contributed by atoms with E-state index in [1.165, 1.54) is 5.56 Å². The van der Waals surface area contributed by atoms with Crippen molar-refractivity contribution in [2.45, 2.75) is 70.1 Å². The highest BCUT2D eigenvalue weighted by atomic mass is 16.3. The van der Waals surface area contributed by atoms with Crippen molar-refractivity contribution < 1.29 is 9.90 Å². The standard InChI is InChI=1S/C23H37N3O2/c1-19(2)25-16-11-21(12-17-25)24-18-23(28)13-7-15-26(22(23)27)14-6-10-20-8-4-3-5-9-20/h3-5,8-9,19,21,24,28H,6-7,10-18H2,1-2H3/t23-/m0/s1. The molecule has 0 saturated carbocycles. The number of nitrogens with one attached hydrogen (secondary N) is 1. The quantitative estimate of drug-likeness (QED) is 0.719. The van der Waals surface area contributed by atoms with E-state index in [1.54, 1.807) is 0 Å². The van der Waals surface area contributed by atoms with Gasteiger partial charge in [0.1, 0.15) is 0 Å². The molecule has 28 heavy (non-hydrogen) atoms. The molecule has 2 aliphatic heterocycles. The van der Waals surface area contributed by atoms with Crippen LogP contribution in [0.1, 0.15) is 51.5 Å². The lowest BCUT2D eigenvalue weighted by Gasteiger charge is -2.40. The Morgan fingerprint density at radius 2 is 1.89 bits per heavy atom. The highest BCUT2D eigenvalue weighted by Crippen LogP contribution is 2.23. The summed E-state index contributed by atoms with van der Waals surface area (Å²) in [6, 6.07) is 11.4. The molecule has 2 saturated heterocycles. The van der Waals surface area contributed by atoms with Gasteiger partial charge in [-0.3, -0.25) is 4.79 Å². The number of aryl methyl sites for hydroxylation is 1. The van der Waals surface area contributed by atoms with Gasteiger partial charge in [0.05, 0.1) is 0 Å². The maximum atomic E-state index is 12.9. The van der Waals surface area contributed by atoms with E-state index < -0.39 is 5.60 Å². The summed E-state index contributed by atoms with van der Waals surface area (Å²) >= 11 is 0. The number of likely N-dealkylation sites (tertiary alicyclic amines) is 2. The lowest BCUT2D eigenvalue weighted by atomic mass is 9.90. The highest BCUT2D eigenvalue weighted by molar-refractivity contribution is 5.86. The van der Waals surface area contributed by atoms with E-state index >= 15 is 0 Å². The zero-order valence-electron chi connectivity index (χ0n) is 17.6. The number of rotatable bonds is 8. The van der Waals surface area contributed by atoms with Crippen molar-refractivity contribution in [2.75, 3.05) is 32.7 Å². The van der Waals surface area contributed by atoms with Crippen LogP contribution in [0.3, 0.4) is 0 Å². The van der Waals surface area contributed by atoms with Crippen molar-refractivity contribution in [1.82, 2.24) is 15.1 Å². The van der Waals surface area contributed by atoms with Gasteiger partial charge in [-0.05, 0) is 71.0 Å². The summed E-state index contributed by atoms with van der Waals surface area (Å²) in [4.78, 5) is 17.3. The molecule has 3 rings (SSSR count). The third kappa shape index (κ3) is 5.56. The second kappa shape index (κ2) is 9.86. The summed E-state index contributed by atoms with van der Waals surface area (Å²) in [6.07, 6.45) is 5.52. The SMILES string of the molecule is CC(C)N1CCC(NC[C@@]2(O)CCCN(CCCc3ccccc3)C2=O)CC1. The smallest absolute Gasteiger partial charge is 0.255 e. The summed E-state index contributed by atoms with van der Waals surface area (Å²) in [5, 5.41) is 14.5. The van der Waals surface area contributed by atoms with Crippen molar-refractivity contribution in [3.63, 3.8) is 0 Å². The van der Waals surface area contributed by atoms with Crippen LogP contribution in [0.4, 0.5) is 0 Å². The van der Waals surface area contributed by atoms with Crippen LogP contribution in [0.2, 0.25) is 0 Å². The molecule has 0 aromatic heterocycles. The fourth-order valence-electron chi connectivity index (χ4n) is 4.49. The van der Waals surface area contributed by atoms with Crippen LogP contribution < -0.4 is 5.32 Å². The van der Waals surface area contributed by atoms with Crippen molar-refractivity contribution in [1.29, 1.82) is 0 Å². The predicted molar refractivity (Wildman–Crippen MR) is 113 cm³/mol. The Labute approximate surface area is 170 Å². The maximum Gasteiger partial charge on any atom is 0.255 e. The molecule has 2 aliphatic rings. The number of hydrogen-bond acceptors (Lipinski definition) is 4. The van der Waals surface area contributed by atoms with Gasteiger partial charge in [0.25, 0.3) is 5.91 Å². The summed E-state index contributed by atoms with van der Waals surface area (Å²) in [6.45, 7) is 8.53. The fraction of sp³-hybridized carbons (Fsp3) is 0.696. The van der Waals surface area contributed by atoms with Crippen molar-refractivity contribution in [2.24, 2.45) is 0 Å². The van der Waals surface area contributed by atoms with Gasteiger partial charge < -0.3 is 20.2 Å². The van der Waals surface area contributed by atoms with Gasteiger partial charge in [0.2, 0.25) is 0 Å². The minimum atomic E-state index is -1.24. The molecule has 1 amide bonds. The minimum absolute atomic E-state index is 0.0843. The molecule has 2 N–H and O–H groups in total.